The van der Waals surface area contributed by atoms with Gasteiger partial charge in [0.1, 0.15) is 6.61 Å². The number of aliphatic hydroxyl groups excluding tert-OH is 1. The van der Waals surface area contributed by atoms with E-state index in [0.29, 0.717) is 19.4 Å². The molecule has 2 aliphatic rings. The highest BCUT2D eigenvalue weighted by Crippen LogP contribution is 2.44. The molecule has 9 heteroatoms. The van der Waals surface area contributed by atoms with Gasteiger partial charge in [-0.15, -0.1) is 0 Å². The first-order valence-electron chi connectivity index (χ1n) is 11.3. The third kappa shape index (κ3) is 4.90. The number of ether oxygens (including phenoxy) is 2. The molecule has 2 aromatic rings. The van der Waals surface area contributed by atoms with Crippen LogP contribution in [0.2, 0.25) is 0 Å². The Kier molecular flexibility index (Phi) is 7.14. The predicted molar refractivity (Wildman–Crippen MR) is 122 cm³/mol. The molecular formula is C25H28N2O7. The number of aliphatic hydroxyl groups is 1. The fourth-order valence-corrected chi connectivity index (χ4v) is 4.61. The molecule has 1 heterocycles. The van der Waals surface area contributed by atoms with Crippen LogP contribution in [0.25, 0.3) is 11.1 Å². The lowest BCUT2D eigenvalue weighted by molar-refractivity contribution is -0.147. The molecule has 0 radical (unpaired) electrons. The average Bonchev–Trinajstić information content (AvgIpc) is 3.18. The zero-order valence-corrected chi connectivity index (χ0v) is 18.7. The summed E-state index contributed by atoms with van der Waals surface area (Å²) >= 11 is 0. The van der Waals surface area contributed by atoms with E-state index in [2.05, 4.69) is 22.8 Å². The topological polar surface area (TPSA) is 134 Å². The molecule has 34 heavy (non-hydrogen) atoms. The van der Waals surface area contributed by atoms with Gasteiger partial charge >= 0.3 is 12.1 Å². The lowest BCUT2D eigenvalue weighted by Gasteiger charge is -2.35. The van der Waals surface area contributed by atoms with Crippen LogP contribution in [0.4, 0.5) is 4.79 Å². The van der Waals surface area contributed by atoms with Crippen molar-refractivity contribution in [1.29, 1.82) is 0 Å². The van der Waals surface area contributed by atoms with Crippen molar-refractivity contribution in [2.75, 3.05) is 32.9 Å². The summed E-state index contributed by atoms with van der Waals surface area (Å²) in [6, 6.07) is 16.1. The molecular weight excluding hydrogens is 440 g/mol. The Labute approximate surface area is 197 Å². The number of carboxylic acid groups (broad SMARTS) is 1. The molecule has 0 aromatic heterocycles. The van der Waals surface area contributed by atoms with Crippen molar-refractivity contribution in [2.24, 2.45) is 5.41 Å². The number of aliphatic carboxylic acids is 1. The van der Waals surface area contributed by atoms with Crippen molar-refractivity contribution in [3.63, 3.8) is 0 Å². The predicted octanol–water partition coefficient (Wildman–Crippen LogP) is 1.88. The molecule has 2 atom stereocenters. The Hall–Kier alpha value is -3.43. The Morgan fingerprint density at radius 3 is 2.29 bits per heavy atom. The quantitative estimate of drug-likeness (QED) is 0.465. The second-order valence-corrected chi connectivity index (χ2v) is 8.68. The van der Waals surface area contributed by atoms with E-state index in [1.165, 1.54) is 0 Å². The third-order valence-electron chi connectivity index (χ3n) is 6.46. The molecule has 1 aliphatic carbocycles. The largest absolute Gasteiger partial charge is 0.479 e. The lowest BCUT2D eigenvalue weighted by atomic mass is 9.81. The minimum atomic E-state index is -1.71. The van der Waals surface area contributed by atoms with E-state index in [4.69, 9.17) is 14.6 Å². The van der Waals surface area contributed by atoms with Gasteiger partial charge in [0.25, 0.3) is 0 Å². The number of carboxylic acids is 1. The van der Waals surface area contributed by atoms with Crippen molar-refractivity contribution in [3.05, 3.63) is 59.7 Å². The Morgan fingerprint density at radius 1 is 1.06 bits per heavy atom. The summed E-state index contributed by atoms with van der Waals surface area (Å²) in [6.07, 6.45) is -1.29. The van der Waals surface area contributed by atoms with Crippen molar-refractivity contribution >= 4 is 18.0 Å². The molecule has 2 amide bonds. The summed E-state index contributed by atoms with van der Waals surface area (Å²) in [6.45, 7) is 0.267. The lowest BCUT2D eigenvalue weighted by Crippen LogP contribution is -2.54. The molecule has 1 fully saturated rings. The van der Waals surface area contributed by atoms with Crippen LogP contribution in [0.5, 0.6) is 0 Å². The number of nitrogens with one attached hydrogen (secondary N) is 2. The number of carbonyl (C=O) groups excluding carboxylic acids is 2. The minimum absolute atomic E-state index is 0.0291. The Morgan fingerprint density at radius 2 is 1.71 bits per heavy atom. The number of fused-ring (bicyclic) bond motifs is 3. The van der Waals surface area contributed by atoms with Crippen LogP contribution in [-0.4, -0.2) is 67.2 Å². The van der Waals surface area contributed by atoms with Gasteiger partial charge in [0.2, 0.25) is 5.91 Å². The first kappa shape index (κ1) is 23.7. The molecule has 0 saturated carbocycles. The highest BCUT2D eigenvalue weighted by molar-refractivity contribution is 5.85. The van der Waals surface area contributed by atoms with Crippen LogP contribution in [0.1, 0.15) is 29.9 Å². The van der Waals surface area contributed by atoms with E-state index >= 15 is 0 Å². The summed E-state index contributed by atoms with van der Waals surface area (Å²) < 4.78 is 11.0. The van der Waals surface area contributed by atoms with Crippen LogP contribution in [-0.2, 0) is 19.1 Å². The highest BCUT2D eigenvalue weighted by atomic mass is 16.5. The van der Waals surface area contributed by atoms with Crippen LogP contribution < -0.4 is 10.6 Å². The molecule has 0 bridgehead atoms. The Bertz CT molecular complexity index is 1020. The summed E-state index contributed by atoms with van der Waals surface area (Å²) in [5.41, 5.74) is 3.40. The van der Waals surface area contributed by atoms with Gasteiger partial charge in [-0.2, -0.15) is 0 Å². The maximum Gasteiger partial charge on any atom is 0.407 e. The Balaban J connectivity index is 1.37. The van der Waals surface area contributed by atoms with Crippen LogP contribution in [0.3, 0.4) is 0 Å². The first-order valence-corrected chi connectivity index (χ1v) is 11.3. The third-order valence-corrected chi connectivity index (χ3v) is 6.46. The van der Waals surface area contributed by atoms with Crippen LogP contribution in [0, 0.1) is 5.41 Å². The van der Waals surface area contributed by atoms with Gasteiger partial charge in [0, 0.05) is 19.1 Å². The number of benzene rings is 2. The van der Waals surface area contributed by atoms with E-state index in [1.807, 2.05) is 36.4 Å². The second kappa shape index (κ2) is 10.2. The van der Waals surface area contributed by atoms with E-state index in [9.17, 15) is 19.5 Å². The van der Waals surface area contributed by atoms with E-state index < -0.39 is 36.0 Å². The highest BCUT2D eigenvalue weighted by Gasteiger charge is 2.41. The van der Waals surface area contributed by atoms with Gasteiger partial charge in [-0.1, -0.05) is 48.5 Å². The maximum atomic E-state index is 12.8. The molecule has 4 N–H and O–H groups in total. The molecule has 1 saturated heterocycles. The standard InChI is InChI=1S/C25H28N2O7/c28-21(22(29)30)12-26-23(31)25(10-5-11-33-15-25)14-27-24(32)34-13-20-18-8-3-1-6-16(18)17-7-2-4-9-19(17)20/h1-4,6-9,20-21,28H,5,10-15H2,(H,26,31)(H,27,32)(H,29,30). The number of amides is 2. The summed E-state index contributed by atoms with van der Waals surface area (Å²) in [7, 11) is 0. The normalized spacial score (nSPS) is 20.0. The summed E-state index contributed by atoms with van der Waals surface area (Å²) in [5.74, 6) is -1.98. The molecule has 0 spiro atoms. The molecule has 180 valence electrons. The van der Waals surface area contributed by atoms with E-state index in [0.717, 1.165) is 22.3 Å². The average molecular weight is 469 g/mol. The smallest absolute Gasteiger partial charge is 0.407 e. The molecule has 9 nitrogen and oxygen atoms in total. The number of carbonyl (C=O) groups is 3. The van der Waals surface area contributed by atoms with E-state index in [1.54, 1.807) is 0 Å². The zero-order chi connectivity index (χ0) is 24.1. The van der Waals surface area contributed by atoms with Crippen molar-refractivity contribution < 1.29 is 34.1 Å². The maximum absolute atomic E-state index is 12.8. The zero-order valence-electron chi connectivity index (χ0n) is 18.7. The van der Waals surface area contributed by atoms with Gasteiger partial charge in [0.15, 0.2) is 6.10 Å². The van der Waals surface area contributed by atoms with Gasteiger partial charge < -0.3 is 30.3 Å². The number of rotatable bonds is 8. The fourth-order valence-electron chi connectivity index (χ4n) is 4.61. The molecule has 2 unspecified atom stereocenters. The van der Waals surface area contributed by atoms with E-state index in [-0.39, 0.29) is 25.7 Å². The van der Waals surface area contributed by atoms with Crippen molar-refractivity contribution in [2.45, 2.75) is 24.9 Å². The first-order chi connectivity index (χ1) is 16.4. The SMILES string of the molecule is O=C(NCC1(C(=O)NCC(O)C(=O)O)CCCOC1)OCC1c2ccccc2-c2ccccc21. The fraction of sp³-hybridized carbons (Fsp3) is 0.400. The minimum Gasteiger partial charge on any atom is -0.479 e. The molecule has 1 aliphatic heterocycles. The molecule has 2 aromatic carbocycles. The van der Waals surface area contributed by atoms with Gasteiger partial charge in [-0.25, -0.2) is 9.59 Å². The number of hydrogen-bond acceptors (Lipinski definition) is 6. The van der Waals surface area contributed by atoms with Gasteiger partial charge in [-0.3, -0.25) is 4.79 Å². The second-order valence-electron chi connectivity index (χ2n) is 8.68. The molecule has 4 rings (SSSR count). The summed E-state index contributed by atoms with van der Waals surface area (Å²) in [4.78, 5) is 36.2. The van der Waals surface area contributed by atoms with Crippen LogP contribution in [0.15, 0.2) is 48.5 Å². The number of hydrogen-bond donors (Lipinski definition) is 4. The van der Waals surface area contributed by atoms with Crippen molar-refractivity contribution in [1.82, 2.24) is 10.6 Å². The summed E-state index contributed by atoms with van der Waals surface area (Å²) in [5, 5.41) is 23.4. The van der Waals surface area contributed by atoms with Crippen LogP contribution >= 0.6 is 0 Å². The van der Waals surface area contributed by atoms with Gasteiger partial charge in [0.05, 0.1) is 18.6 Å². The van der Waals surface area contributed by atoms with Crippen molar-refractivity contribution in [3.8, 4) is 11.1 Å². The van der Waals surface area contributed by atoms with Gasteiger partial charge in [-0.05, 0) is 35.1 Å². The monoisotopic (exact) mass is 468 g/mol. The number of alkyl carbamates (subject to hydrolysis) is 1.